The molecule has 7 aromatic carbocycles. The molecular formula is C45H26N4OS. The Kier molecular flexibility index (Phi) is 5.25. The van der Waals surface area contributed by atoms with E-state index in [9.17, 15) is 0 Å². The van der Waals surface area contributed by atoms with Crippen LogP contribution in [0.1, 0.15) is 5.48 Å². The molecule has 0 saturated carbocycles. The molecule has 5 nitrogen and oxygen atoms in total. The van der Waals surface area contributed by atoms with Gasteiger partial charge in [-0.1, -0.05) is 115 Å². The van der Waals surface area contributed by atoms with E-state index in [2.05, 4.69) is 30.3 Å². The molecule has 11 aromatic rings. The van der Waals surface area contributed by atoms with Crippen molar-refractivity contribution < 1.29 is 9.90 Å². The average molecular weight is 675 g/mol. The van der Waals surface area contributed by atoms with Crippen molar-refractivity contribution in [1.29, 1.82) is 0 Å². The second-order valence-corrected chi connectivity index (χ2v) is 13.6. The lowest BCUT2D eigenvalue weighted by Crippen LogP contribution is -2.00. The molecule has 4 heterocycles. The molecule has 0 radical (unpaired) electrons. The maximum Gasteiger partial charge on any atom is 0.167 e. The summed E-state index contributed by atoms with van der Waals surface area (Å²) in [5, 5.41) is 5.42. The third kappa shape index (κ3) is 4.30. The van der Waals surface area contributed by atoms with Crippen molar-refractivity contribution in [1.82, 2.24) is 19.5 Å². The normalized spacial score (nSPS) is 13.0. The van der Waals surface area contributed by atoms with Crippen LogP contribution in [0.15, 0.2) is 162 Å². The standard InChI is InChI=1S/C45H26N4OS/c1-2-12-27(13-3-1)43-46-44(48-45(47-43)34-18-10-17-32-31-16-6-9-22-38(31)50-42(32)34)28-24-25-33-40(26-28)51-39-23-11-21-37(41(33)39)49-35-19-7-4-14-29(35)30-15-5-8-20-36(30)49/h1-26H/i4D,5D,19D,20D. The first kappa shape index (κ1) is 24.5. The van der Waals surface area contributed by atoms with Crippen LogP contribution >= 0.6 is 11.3 Å². The van der Waals surface area contributed by atoms with Crippen molar-refractivity contribution in [2.45, 2.75) is 0 Å². The van der Waals surface area contributed by atoms with Gasteiger partial charge in [-0.05, 0) is 42.4 Å². The quantitative estimate of drug-likeness (QED) is 0.186. The molecule has 6 heteroatoms. The number of hydrogen-bond acceptors (Lipinski definition) is 5. The summed E-state index contributed by atoms with van der Waals surface area (Å²) in [5.41, 5.74) is 6.08. The minimum absolute atomic E-state index is 0.196. The third-order valence-corrected chi connectivity index (χ3v) is 10.7. The molecule has 11 rings (SSSR count). The maximum atomic E-state index is 8.97. The number of aromatic nitrogens is 4. The first-order chi connectivity index (χ1) is 26.9. The highest BCUT2D eigenvalue weighted by atomic mass is 32.1. The number of hydrogen-bond donors (Lipinski definition) is 0. The first-order valence-corrected chi connectivity index (χ1v) is 17.4. The molecule has 0 spiro atoms. The molecule has 0 saturated heterocycles. The highest BCUT2D eigenvalue weighted by Crippen LogP contribution is 2.42. The van der Waals surface area contributed by atoms with E-state index in [1.165, 1.54) is 12.1 Å². The van der Waals surface area contributed by atoms with Crippen LogP contribution in [-0.4, -0.2) is 19.5 Å². The van der Waals surface area contributed by atoms with Crippen molar-refractivity contribution in [3.8, 4) is 39.9 Å². The fourth-order valence-corrected chi connectivity index (χ4v) is 8.46. The van der Waals surface area contributed by atoms with Gasteiger partial charge in [0.25, 0.3) is 0 Å². The van der Waals surface area contributed by atoms with Crippen molar-refractivity contribution >= 4 is 75.3 Å². The van der Waals surface area contributed by atoms with E-state index in [0.717, 1.165) is 64.5 Å². The maximum absolute atomic E-state index is 8.97. The van der Waals surface area contributed by atoms with Crippen molar-refractivity contribution in [2.75, 3.05) is 0 Å². The van der Waals surface area contributed by atoms with E-state index < -0.39 is 0 Å². The topological polar surface area (TPSA) is 56.7 Å². The Morgan fingerprint density at radius 1 is 0.529 bits per heavy atom. The number of benzene rings is 7. The van der Waals surface area contributed by atoms with Crippen LogP contribution in [0.2, 0.25) is 0 Å². The van der Waals surface area contributed by atoms with Crippen LogP contribution in [0, 0.1) is 0 Å². The highest BCUT2D eigenvalue weighted by molar-refractivity contribution is 7.26. The Morgan fingerprint density at radius 3 is 2.06 bits per heavy atom. The van der Waals surface area contributed by atoms with Gasteiger partial charge in [-0.2, -0.15) is 0 Å². The summed E-state index contributed by atoms with van der Waals surface area (Å²) in [6.45, 7) is 0. The number of rotatable bonds is 4. The summed E-state index contributed by atoms with van der Waals surface area (Å²) >= 11 is 1.66. The molecule has 0 amide bonds. The van der Waals surface area contributed by atoms with E-state index in [0.29, 0.717) is 39.3 Å². The van der Waals surface area contributed by atoms with E-state index in [4.69, 9.17) is 24.9 Å². The smallest absolute Gasteiger partial charge is 0.167 e. The Morgan fingerprint density at radius 2 is 1.24 bits per heavy atom. The van der Waals surface area contributed by atoms with Crippen molar-refractivity contribution in [3.63, 3.8) is 0 Å². The molecule has 0 atom stereocenters. The Bertz CT molecular complexity index is 3320. The summed E-state index contributed by atoms with van der Waals surface area (Å²) in [6, 6.07) is 43.7. The fourth-order valence-electron chi connectivity index (χ4n) is 7.29. The number of furan rings is 1. The lowest BCUT2D eigenvalue weighted by atomic mass is 10.1. The molecule has 0 unspecified atom stereocenters. The number of thiophene rings is 1. The van der Waals surface area contributed by atoms with Crippen molar-refractivity contribution in [3.05, 3.63) is 158 Å². The fraction of sp³-hybridized carbons (Fsp3) is 0. The molecule has 4 aromatic heterocycles. The average Bonchev–Trinajstić information content (AvgIpc) is 3.87. The Balaban J connectivity index is 1.13. The zero-order valence-electron chi connectivity index (χ0n) is 30.8. The third-order valence-electron chi connectivity index (χ3n) is 9.57. The molecule has 0 aliphatic heterocycles. The number of fused-ring (bicyclic) bond motifs is 9. The molecule has 0 N–H and O–H groups in total. The van der Waals surface area contributed by atoms with E-state index in [1.807, 2.05) is 83.4 Å². The Labute approximate surface area is 301 Å². The van der Waals surface area contributed by atoms with Gasteiger partial charge in [0.05, 0.1) is 27.8 Å². The molecule has 0 bridgehead atoms. The second kappa shape index (κ2) is 10.9. The van der Waals surface area contributed by atoms with Gasteiger partial charge in [0.15, 0.2) is 17.5 Å². The molecule has 51 heavy (non-hydrogen) atoms. The van der Waals surface area contributed by atoms with E-state index in [1.54, 1.807) is 23.5 Å². The molecule has 0 aliphatic carbocycles. The van der Waals surface area contributed by atoms with E-state index >= 15 is 0 Å². The predicted octanol–water partition coefficient (Wildman–Crippen LogP) is 12.2. The van der Waals surface area contributed by atoms with Crippen LogP contribution in [0.4, 0.5) is 0 Å². The monoisotopic (exact) mass is 674 g/mol. The van der Waals surface area contributed by atoms with Gasteiger partial charge in [-0.25, -0.2) is 15.0 Å². The summed E-state index contributed by atoms with van der Waals surface area (Å²) < 4.78 is 45.1. The lowest BCUT2D eigenvalue weighted by molar-refractivity contribution is 0.669. The number of nitrogens with zero attached hydrogens (tertiary/aromatic N) is 4. The summed E-state index contributed by atoms with van der Waals surface area (Å²) in [7, 11) is 0. The van der Waals surface area contributed by atoms with Gasteiger partial charge in [0, 0.05) is 52.8 Å². The summed E-state index contributed by atoms with van der Waals surface area (Å²) in [4.78, 5) is 15.1. The van der Waals surface area contributed by atoms with Crippen LogP contribution in [0.5, 0.6) is 0 Å². The van der Waals surface area contributed by atoms with Crippen molar-refractivity contribution in [2.24, 2.45) is 0 Å². The largest absolute Gasteiger partial charge is 0.455 e. The van der Waals surface area contributed by atoms with Gasteiger partial charge in [-0.15, -0.1) is 11.3 Å². The zero-order chi connectivity index (χ0) is 36.9. The van der Waals surface area contributed by atoms with Crippen LogP contribution in [-0.2, 0) is 0 Å². The van der Waals surface area contributed by atoms with Crippen LogP contribution < -0.4 is 0 Å². The number of para-hydroxylation sites is 4. The predicted molar refractivity (Wildman–Crippen MR) is 211 cm³/mol. The molecule has 0 aliphatic rings. The minimum Gasteiger partial charge on any atom is -0.455 e. The highest BCUT2D eigenvalue weighted by Gasteiger charge is 2.20. The van der Waals surface area contributed by atoms with Crippen LogP contribution in [0.3, 0.4) is 0 Å². The SMILES string of the molecule is [2H]c1cc([2H])c2c(c1)c1cc([2H])cc([2H])c1n2-c1cccc2sc3cc(-c4nc(-c5ccccc5)nc(-c5cccc6c5oc5ccccc56)n4)ccc3c12. The molecule has 0 fully saturated rings. The second-order valence-electron chi connectivity index (χ2n) is 12.5. The minimum atomic E-state index is 0.196. The van der Waals surface area contributed by atoms with Gasteiger partial charge in [0.2, 0.25) is 0 Å². The van der Waals surface area contributed by atoms with Gasteiger partial charge in [-0.3, -0.25) is 0 Å². The Hall–Kier alpha value is -6.63. The van der Waals surface area contributed by atoms with Crippen LogP contribution in [0.25, 0.3) is 104 Å². The zero-order valence-corrected chi connectivity index (χ0v) is 27.6. The molecule has 238 valence electrons. The summed E-state index contributed by atoms with van der Waals surface area (Å²) in [5.74, 6) is 1.61. The van der Waals surface area contributed by atoms with Gasteiger partial charge >= 0.3 is 0 Å². The first-order valence-electron chi connectivity index (χ1n) is 18.6. The molecular weight excluding hydrogens is 645 g/mol. The van der Waals surface area contributed by atoms with E-state index in [-0.39, 0.29) is 24.2 Å². The summed E-state index contributed by atoms with van der Waals surface area (Å²) in [6.07, 6.45) is 0. The van der Waals surface area contributed by atoms with Gasteiger partial charge in [0.1, 0.15) is 11.2 Å². The lowest BCUT2D eigenvalue weighted by Gasteiger charge is -2.10. The van der Waals surface area contributed by atoms with Gasteiger partial charge < -0.3 is 8.98 Å².